The Kier molecular flexibility index (Phi) is 18.4. The van der Waals surface area contributed by atoms with Gasteiger partial charge in [0, 0.05) is 17.4 Å². The minimum absolute atomic E-state index is 0. The van der Waals surface area contributed by atoms with Crippen LogP contribution in [0.5, 0.6) is 0 Å². The van der Waals surface area contributed by atoms with Crippen LogP contribution in [0, 0.1) is 20.0 Å². The minimum atomic E-state index is -0.584. The second kappa shape index (κ2) is 18.2. The van der Waals surface area contributed by atoms with Crippen molar-refractivity contribution in [3.63, 3.8) is 0 Å². The minimum Gasteiger partial charge on any atom is 0 e. The molecule has 0 unspecified atom stereocenters. The van der Waals surface area contributed by atoms with Crippen molar-refractivity contribution in [2.24, 2.45) is 0 Å². The summed E-state index contributed by atoms with van der Waals surface area (Å²) in [5.41, 5.74) is 1.22. The molecule has 3 aromatic carbocycles. The molecular weight excluding hydrogens is 443 g/mol. The molecule has 0 radical (unpaired) electrons. The Morgan fingerprint density at radius 3 is 1.38 bits per heavy atom. The molecule has 0 bridgehead atoms. The molecule has 0 aliphatic carbocycles. The monoisotopic (exact) mass is 460 g/mol. The zero-order valence-corrected chi connectivity index (χ0v) is 18.5. The van der Waals surface area contributed by atoms with Gasteiger partial charge in [-0.3, -0.25) is 0 Å². The Hall–Kier alpha value is -1.87. The molecule has 3 nitrogen and oxygen atoms in total. The van der Waals surface area contributed by atoms with Crippen LogP contribution in [-0.4, -0.2) is 0 Å². The van der Waals surface area contributed by atoms with Crippen molar-refractivity contribution < 1.29 is 31.3 Å². The summed E-state index contributed by atoms with van der Waals surface area (Å²) in [5, 5.41) is 4.06. The third-order valence-corrected chi connectivity index (χ3v) is 6.39. The molecule has 6 heteroatoms. The number of rotatable bonds is 4. The molecule has 0 aromatic heterocycles. The Balaban J connectivity index is 0. The van der Waals surface area contributed by atoms with Gasteiger partial charge in [0.05, 0.1) is 5.38 Å². The van der Waals surface area contributed by atoms with Crippen molar-refractivity contribution in [3.8, 4) is 0 Å². The molecule has 1 atom stereocenters. The first-order chi connectivity index (χ1) is 13.8. The molecular formula is C23H18ClCrO3P. The quantitative estimate of drug-likeness (QED) is 0.236. The van der Waals surface area contributed by atoms with E-state index in [1.807, 2.05) is 6.92 Å². The maximum atomic E-state index is 7.50. The first kappa shape index (κ1) is 29.3. The number of halogens is 1. The van der Waals surface area contributed by atoms with Gasteiger partial charge in [0.2, 0.25) is 0 Å². The van der Waals surface area contributed by atoms with Crippen molar-refractivity contribution >= 4 is 35.4 Å². The Morgan fingerprint density at radius 2 is 1.00 bits per heavy atom. The van der Waals surface area contributed by atoms with Crippen molar-refractivity contribution in [1.82, 2.24) is 0 Å². The van der Waals surface area contributed by atoms with Crippen LogP contribution in [0.4, 0.5) is 0 Å². The standard InChI is InChI=1S/C20H18ClP.3CO.Cr/c1-16(21)19-14-8-9-15-20(19)22(17-10-4-2-5-11-17)18-12-6-3-7-13-18;3*1-2;/h2-16H,1H3;;;;/t16-;;;;/m1..../s1. The zero-order chi connectivity index (χ0) is 21.4. The maximum Gasteiger partial charge on any atom is 0 e. The van der Waals surface area contributed by atoms with E-state index in [0.717, 1.165) is 0 Å². The third-order valence-electron chi connectivity index (χ3n) is 3.63. The number of alkyl halides is 1. The fraction of sp³-hybridized carbons (Fsp3) is 0.0870. The summed E-state index contributed by atoms with van der Waals surface area (Å²) in [6, 6.07) is 30.0. The molecule has 0 aliphatic rings. The molecule has 0 saturated heterocycles. The summed E-state index contributed by atoms with van der Waals surface area (Å²) in [7, 11) is -0.584. The number of benzene rings is 3. The summed E-state index contributed by atoms with van der Waals surface area (Å²) in [6.45, 7) is 15.5. The molecule has 0 aliphatic heterocycles. The van der Waals surface area contributed by atoms with E-state index in [4.69, 9.17) is 25.6 Å². The summed E-state index contributed by atoms with van der Waals surface area (Å²) < 4.78 is 22.5. The van der Waals surface area contributed by atoms with E-state index < -0.39 is 7.92 Å². The predicted molar refractivity (Wildman–Crippen MR) is 111 cm³/mol. The Bertz CT molecular complexity index is 812. The van der Waals surface area contributed by atoms with Crippen LogP contribution in [0.15, 0.2) is 84.9 Å². The van der Waals surface area contributed by atoms with Gasteiger partial charge in [-0.2, -0.15) is 0 Å². The molecule has 0 spiro atoms. The Morgan fingerprint density at radius 1 is 0.655 bits per heavy atom. The van der Waals surface area contributed by atoms with Gasteiger partial charge in [0.1, 0.15) is 0 Å². The second-order valence-corrected chi connectivity index (χ2v) is 8.02. The molecule has 3 rings (SSSR count). The van der Waals surface area contributed by atoms with Gasteiger partial charge in [-0.25, -0.2) is 0 Å². The first-order valence-electron chi connectivity index (χ1n) is 8.02. The van der Waals surface area contributed by atoms with Crippen LogP contribution < -0.4 is 15.9 Å². The van der Waals surface area contributed by atoms with Crippen LogP contribution in [0.1, 0.15) is 17.9 Å². The molecule has 0 fully saturated rings. The topological polar surface area (TPSA) is 59.7 Å². The summed E-state index contributed by atoms with van der Waals surface area (Å²) >= 11 is 6.44. The largest absolute Gasteiger partial charge is 0 e. The second-order valence-electron chi connectivity index (χ2n) is 5.18. The van der Waals surface area contributed by atoms with Gasteiger partial charge in [0.25, 0.3) is 0 Å². The molecule has 3 aromatic rings. The smallest absolute Gasteiger partial charge is 0 e. The molecule has 0 saturated carbocycles. The fourth-order valence-corrected chi connectivity index (χ4v) is 5.43. The summed E-state index contributed by atoms with van der Waals surface area (Å²) in [4.78, 5) is 0. The van der Waals surface area contributed by atoms with Crippen LogP contribution in [0.25, 0.3) is 0 Å². The maximum absolute atomic E-state index is 7.50. The predicted octanol–water partition coefficient (Wildman–Crippen LogP) is 4.63. The van der Waals surface area contributed by atoms with Crippen LogP contribution in [-0.2, 0) is 31.3 Å². The van der Waals surface area contributed by atoms with E-state index >= 15 is 0 Å². The van der Waals surface area contributed by atoms with E-state index in [2.05, 4.69) is 105 Å². The Labute approximate surface area is 189 Å². The molecule has 146 valence electrons. The molecule has 0 amide bonds. The van der Waals surface area contributed by atoms with Gasteiger partial charge in [-0.05, 0) is 36.3 Å². The van der Waals surface area contributed by atoms with Gasteiger partial charge in [0.15, 0.2) is 0 Å². The van der Waals surface area contributed by atoms with Crippen LogP contribution in [0.2, 0.25) is 0 Å². The van der Waals surface area contributed by atoms with Crippen molar-refractivity contribution in [3.05, 3.63) is 110 Å². The normalized spacial score (nSPS) is 9.55. The number of hydrogen-bond donors (Lipinski definition) is 0. The van der Waals surface area contributed by atoms with E-state index in [1.54, 1.807) is 0 Å². The van der Waals surface area contributed by atoms with E-state index in [9.17, 15) is 0 Å². The van der Waals surface area contributed by atoms with E-state index in [-0.39, 0.29) is 22.7 Å². The van der Waals surface area contributed by atoms with Crippen molar-refractivity contribution in [1.29, 1.82) is 0 Å². The SMILES string of the molecule is C[C@@H](Cl)c1ccccc1P(c1ccccc1)c1ccccc1.[C-]#[O+].[C-]#[O+].[C-]#[O+].[Cr]. The fourth-order valence-electron chi connectivity index (χ4n) is 2.61. The average Bonchev–Trinajstić information content (AvgIpc) is 2.80. The van der Waals surface area contributed by atoms with Crippen molar-refractivity contribution in [2.45, 2.75) is 12.3 Å². The molecule has 29 heavy (non-hydrogen) atoms. The van der Waals surface area contributed by atoms with Gasteiger partial charge < -0.3 is 0 Å². The third kappa shape index (κ3) is 9.00. The van der Waals surface area contributed by atoms with Gasteiger partial charge in [-0.15, -0.1) is 11.6 Å². The number of hydrogen-bond acceptors (Lipinski definition) is 0. The van der Waals surface area contributed by atoms with Gasteiger partial charge >= 0.3 is 33.9 Å². The van der Waals surface area contributed by atoms with E-state index in [1.165, 1.54) is 21.5 Å². The van der Waals surface area contributed by atoms with E-state index in [0.29, 0.717) is 0 Å². The van der Waals surface area contributed by atoms with Crippen molar-refractivity contribution in [2.75, 3.05) is 0 Å². The first-order valence-corrected chi connectivity index (χ1v) is 9.79. The summed E-state index contributed by atoms with van der Waals surface area (Å²) in [6.07, 6.45) is 0. The molecule has 0 N–H and O–H groups in total. The average molecular weight is 461 g/mol. The summed E-state index contributed by atoms with van der Waals surface area (Å²) in [5.74, 6) is 0. The van der Waals surface area contributed by atoms with Crippen LogP contribution in [0.3, 0.4) is 0 Å². The van der Waals surface area contributed by atoms with Crippen LogP contribution >= 0.6 is 19.5 Å². The molecule has 0 heterocycles. The van der Waals surface area contributed by atoms with Gasteiger partial charge in [-0.1, -0.05) is 84.9 Å². The zero-order valence-electron chi connectivity index (χ0n) is 15.6.